The molecule has 3 atom stereocenters. The van der Waals surface area contributed by atoms with Gasteiger partial charge < -0.3 is 4.98 Å². The van der Waals surface area contributed by atoms with Gasteiger partial charge in [0.05, 0.1) is 6.20 Å². The van der Waals surface area contributed by atoms with Crippen LogP contribution in [0.15, 0.2) is 30.9 Å². The molecule has 5 rings (SSSR count). The molecule has 4 nitrogen and oxygen atoms in total. The van der Waals surface area contributed by atoms with Crippen LogP contribution in [0.1, 0.15) is 51.5 Å². The number of nitrogens with one attached hydrogen (secondary N) is 1. The summed E-state index contributed by atoms with van der Waals surface area (Å²) < 4.78 is 1.85. The standard InChI is InChI=1S/C21H26N4/c1-20(2)18-5-6-21(20,3)8-16(18)13-7-15-17(11-23-19(15)22-9-13)14-10-24-25(4)12-14/h7,9-12,16,18H,5-6,8H2,1-4H3,(H,22,23)/t16?,18?,21-/m0/s1. The highest BCUT2D eigenvalue weighted by Gasteiger charge is 2.60. The minimum absolute atomic E-state index is 0.428. The van der Waals surface area contributed by atoms with Gasteiger partial charge in [-0.05, 0) is 53.6 Å². The van der Waals surface area contributed by atoms with Gasteiger partial charge in [-0.3, -0.25) is 4.68 Å². The molecule has 2 bridgehead atoms. The van der Waals surface area contributed by atoms with E-state index in [-0.39, 0.29) is 0 Å². The Hall–Kier alpha value is -2.10. The third-order valence-electron chi connectivity index (χ3n) is 7.64. The molecule has 2 saturated carbocycles. The molecule has 3 aromatic rings. The van der Waals surface area contributed by atoms with Crippen molar-refractivity contribution in [3.63, 3.8) is 0 Å². The van der Waals surface area contributed by atoms with Crippen LogP contribution in [0.4, 0.5) is 0 Å². The van der Waals surface area contributed by atoms with Crippen LogP contribution in [-0.2, 0) is 7.05 Å². The summed E-state index contributed by atoms with van der Waals surface area (Å²) in [5, 5.41) is 5.54. The molecule has 25 heavy (non-hydrogen) atoms. The van der Waals surface area contributed by atoms with Crippen molar-refractivity contribution in [2.24, 2.45) is 23.8 Å². The zero-order chi connectivity index (χ0) is 17.4. The molecular formula is C21H26N4. The Bertz CT molecular complexity index is 961. The van der Waals surface area contributed by atoms with Gasteiger partial charge in [-0.15, -0.1) is 0 Å². The first kappa shape index (κ1) is 15.2. The minimum atomic E-state index is 0.428. The van der Waals surface area contributed by atoms with E-state index in [1.54, 1.807) is 0 Å². The molecule has 2 unspecified atom stereocenters. The number of aryl methyl sites for hydroxylation is 1. The first-order chi connectivity index (χ1) is 11.9. The van der Waals surface area contributed by atoms with Crippen molar-refractivity contribution in [3.05, 3.63) is 36.4 Å². The van der Waals surface area contributed by atoms with Crippen molar-refractivity contribution in [2.45, 2.75) is 46.0 Å². The van der Waals surface area contributed by atoms with E-state index in [1.165, 1.54) is 35.8 Å². The molecule has 130 valence electrons. The lowest BCUT2D eigenvalue weighted by Gasteiger charge is -2.34. The van der Waals surface area contributed by atoms with Crippen LogP contribution in [0.5, 0.6) is 0 Å². The molecule has 0 aromatic carbocycles. The van der Waals surface area contributed by atoms with Gasteiger partial charge in [0.15, 0.2) is 0 Å². The highest BCUT2D eigenvalue weighted by Crippen LogP contribution is 2.70. The van der Waals surface area contributed by atoms with Gasteiger partial charge in [0.1, 0.15) is 5.65 Å². The summed E-state index contributed by atoms with van der Waals surface area (Å²) in [4.78, 5) is 8.07. The number of hydrogen-bond acceptors (Lipinski definition) is 2. The Morgan fingerprint density at radius 2 is 2.08 bits per heavy atom. The summed E-state index contributed by atoms with van der Waals surface area (Å²) in [6.45, 7) is 7.46. The fraction of sp³-hybridized carbons (Fsp3) is 0.524. The predicted octanol–water partition coefficient (Wildman–Crippen LogP) is 4.89. The number of nitrogens with zero attached hydrogens (tertiary/aromatic N) is 3. The quantitative estimate of drug-likeness (QED) is 0.725. The van der Waals surface area contributed by atoms with E-state index in [1.807, 2.05) is 17.9 Å². The number of pyridine rings is 1. The Kier molecular flexibility index (Phi) is 2.88. The van der Waals surface area contributed by atoms with Crippen LogP contribution in [-0.4, -0.2) is 19.7 Å². The molecule has 3 aromatic heterocycles. The number of fused-ring (bicyclic) bond motifs is 3. The molecule has 1 N–H and O–H groups in total. The first-order valence-electron chi connectivity index (χ1n) is 9.35. The lowest BCUT2D eigenvalue weighted by Crippen LogP contribution is -2.26. The Balaban J connectivity index is 1.60. The summed E-state index contributed by atoms with van der Waals surface area (Å²) in [5.74, 6) is 1.42. The Morgan fingerprint density at radius 1 is 1.24 bits per heavy atom. The molecule has 2 fully saturated rings. The van der Waals surface area contributed by atoms with Crippen molar-refractivity contribution in [1.82, 2.24) is 19.7 Å². The van der Waals surface area contributed by atoms with Crippen LogP contribution >= 0.6 is 0 Å². The van der Waals surface area contributed by atoms with E-state index < -0.39 is 0 Å². The van der Waals surface area contributed by atoms with Crippen LogP contribution in [0.2, 0.25) is 0 Å². The fourth-order valence-corrected chi connectivity index (χ4v) is 5.67. The van der Waals surface area contributed by atoms with Gasteiger partial charge in [-0.25, -0.2) is 4.98 Å². The van der Waals surface area contributed by atoms with E-state index in [0.29, 0.717) is 16.7 Å². The van der Waals surface area contributed by atoms with E-state index >= 15 is 0 Å². The predicted molar refractivity (Wildman–Crippen MR) is 100 cm³/mol. The third-order valence-corrected chi connectivity index (χ3v) is 7.64. The molecule has 0 spiro atoms. The van der Waals surface area contributed by atoms with Crippen molar-refractivity contribution in [1.29, 1.82) is 0 Å². The Labute approximate surface area is 148 Å². The van der Waals surface area contributed by atoms with E-state index in [2.05, 4.69) is 55.5 Å². The smallest absolute Gasteiger partial charge is 0.137 e. The van der Waals surface area contributed by atoms with E-state index in [4.69, 9.17) is 4.98 Å². The minimum Gasteiger partial charge on any atom is -0.346 e. The van der Waals surface area contributed by atoms with Crippen LogP contribution in [0.3, 0.4) is 0 Å². The largest absolute Gasteiger partial charge is 0.346 e. The maximum Gasteiger partial charge on any atom is 0.137 e. The third kappa shape index (κ3) is 1.94. The van der Waals surface area contributed by atoms with Gasteiger partial charge in [-0.2, -0.15) is 5.10 Å². The van der Waals surface area contributed by atoms with E-state index in [9.17, 15) is 0 Å². The van der Waals surface area contributed by atoms with Gasteiger partial charge in [-0.1, -0.05) is 20.8 Å². The molecular weight excluding hydrogens is 308 g/mol. The second kappa shape index (κ2) is 4.75. The second-order valence-electron chi connectivity index (χ2n) is 9.01. The summed E-state index contributed by atoms with van der Waals surface area (Å²) >= 11 is 0. The SMILES string of the molecule is Cn1cc(-c2c[nH]c3ncc(C4C[C@]5(C)CCC4C5(C)C)cc23)cn1. The van der Waals surface area contributed by atoms with Crippen LogP contribution < -0.4 is 0 Å². The number of rotatable bonds is 2. The summed E-state index contributed by atoms with van der Waals surface area (Å²) in [7, 11) is 1.96. The zero-order valence-electron chi connectivity index (χ0n) is 15.5. The van der Waals surface area contributed by atoms with Crippen molar-refractivity contribution >= 4 is 11.0 Å². The number of hydrogen-bond donors (Lipinski definition) is 1. The van der Waals surface area contributed by atoms with Gasteiger partial charge in [0, 0.05) is 42.2 Å². The van der Waals surface area contributed by atoms with Gasteiger partial charge in [0.2, 0.25) is 0 Å². The first-order valence-corrected chi connectivity index (χ1v) is 9.35. The second-order valence-corrected chi connectivity index (χ2v) is 9.01. The number of aromatic nitrogens is 4. The lowest BCUT2D eigenvalue weighted by molar-refractivity contribution is 0.152. The fourth-order valence-electron chi connectivity index (χ4n) is 5.67. The molecule has 3 heterocycles. The molecule has 0 amide bonds. The molecule has 0 radical (unpaired) electrons. The topological polar surface area (TPSA) is 46.5 Å². The van der Waals surface area contributed by atoms with Crippen molar-refractivity contribution in [3.8, 4) is 11.1 Å². The summed E-state index contributed by atoms with van der Waals surface area (Å²) in [5.41, 5.74) is 5.63. The van der Waals surface area contributed by atoms with Crippen LogP contribution in [0.25, 0.3) is 22.2 Å². The summed E-state index contributed by atoms with van der Waals surface area (Å²) in [6.07, 6.45) is 12.2. The molecule has 4 heteroatoms. The maximum absolute atomic E-state index is 4.75. The van der Waals surface area contributed by atoms with E-state index in [0.717, 1.165) is 17.1 Å². The van der Waals surface area contributed by atoms with Gasteiger partial charge in [0.25, 0.3) is 0 Å². The van der Waals surface area contributed by atoms with Crippen LogP contribution in [0, 0.1) is 16.7 Å². The number of aromatic amines is 1. The highest BCUT2D eigenvalue weighted by atomic mass is 15.2. The van der Waals surface area contributed by atoms with Crippen molar-refractivity contribution in [2.75, 3.05) is 0 Å². The zero-order valence-corrected chi connectivity index (χ0v) is 15.5. The molecule has 2 aliphatic rings. The highest BCUT2D eigenvalue weighted by molar-refractivity contribution is 5.93. The maximum atomic E-state index is 4.75. The molecule has 0 saturated heterocycles. The normalized spacial score (nSPS) is 30.4. The lowest BCUT2D eigenvalue weighted by atomic mass is 9.71. The molecule has 2 aliphatic carbocycles. The van der Waals surface area contributed by atoms with Crippen molar-refractivity contribution < 1.29 is 0 Å². The molecule has 0 aliphatic heterocycles. The monoisotopic (exact) mass is 334 g/mol. The summed E-state index contributed by atoms with van der Waals surface area (Å²) in [6, 6.07) is 2.38. The average Bonchev–Trinajstić information content (AvgIpc) is 3.28. The number of H-pyrrole nitrogens is 1. The average molecular weight is 334 g/mol. The Morgan fingerprint density at radius 3 is 2.72 bits per heavy atom. The van der Waals surface area contributed by atoms with Gasteiger partial charge >= 0.3 is 0 Å².